The molecule has 2 unspecified atom stereocenters. The van der Waals surface area contributed by atoms with Crippen molar-refractivity contribution in [2.75, 3.05) is 54.1 Å². The van der Waals surface area contributed by atoms with E-state index in [1.54, 1.807) is 0 Å². The number of hydrogen-bond donors (Lipinski definition) is 0. The van der Waals surface area contributed by atoms with Gasteiger partial charge in [-0.05, 0) is 83.5 Å². The highest BCUT2D eigenvalue weighted by Gasteiger charge is 2.20. The van der Waals surface area contributed by atoms with Crippen LogP contribution in [0.5, 0.6) is 0 Å². The van der Waals surface area contributed by atoms with Gasteiger partial charge in [0, 0.05) is 13.0 Å². The van der Waals surface area contributed by atoms with Crippen LogP contribution in [0, 0.1) is 0 Å². The average Bonchev–Trinajstić information content (AvgIpc) is 3.24. The van der Waals surface area contributed by atoms with E-state index < -0.39 is 13.9 Å². The molecule has 0 saturated carbocycles. The van der Waals surface area contributed by atoms with Crippen molar-refractivity contribution in [1.29, 1.82) is 0 Å². The number of likely N-dealkylation sites (N-methyl/N-ethyl adjacent to an activating group) is 1. The van der Waals surface area contributed by atoms with Gasteiger partial charge in [-0.25, -0.2) is 0 Å². The number of quaternary nitrogens is 1. The van der Waals surface area contributed by atoms with Gasteiger partial charge in [0.05, 0.1) is 34.4 Å². The maximum atomic E-state index is 12.8. The van der Waals surface area contributed by atoms with Gasteiger partial charge < -0.3 is 27.9 Å². The molecular weight excluding hydrogens is 806 g/mol. The number of esters is 1. The van der Waals surface area contributed by atoms with Crippen molar-refractivity contribution in [3.63, 3.8) is 0 Å². The Morgan fingerprint density at radius 1 is 0.508 bits per heavy atom. The Hall–Kier alpha value is -2.06. The van der Waals surface area contributed by atoms with Crippen molar-refractivity contribution in [1.82, 2.24) is 0 Å². The number of hydrogen-bond acceptors (Lipinski definition) is 7. The molecule has 0 heterocycles. The molecule has 0 fully saturated rings. The van der Waals surface area contributed by atoms with Crippen LogP contribution in [-0.2, 0) is 27.9 Å². The van der Waals surface area contributed by atoms with Crippen molar-refractivity contribution in [2.45, 2.75) is 213 Å². The summed E-state index contributed by atoms with van der Waals surface area (Å²) in [7, 11) is 1.34. The Morgan fingerprint density at radius 3 is 1.38 bits per heavy atom. The molecule has 0 amide bonds. The SMILES string of the molecule is CC/C=C\C/C=C\C/C=C\C/C=C\CCCCCCCCCOCC(COP(=O)([O-])OCC[N+](C)(C)C)OC(=O)CCCCCCCCCCC/C=C\C/C=C\CCCCCCC. The summed E-state index contributed by atoms with van der Waals surface area (Å²) >= 11 is 0. The summed E-state index contributed by atoms with van der Waals surface area (Å²) in [4.78, 5) is 25.2. The topological polar surface area (TPSA) is 94.1 Å². The predicted octanol–water partition coefficient (Wildman–Crippen LogP) is 15.2. The van der Waals surface area contributed by atoms with Gasteiger partial charge in [-0.3, -0.25) is 9.36 Å². The van der Waals surface area contributed by atoms with Crippen LogP contribution in [0.15, 0.2) is 72.9 Å². The molecule has 8 nitrogen and oxygen atoms in total. The summed E-state index contributed by atoms with van der Waals surface area (Å²) in [5, 5.41) is 0. The molecule has 2 atom stereocenters. The monoisotopic (exact) mass is 904 g/mol. The molecule has 0 rings (SSSR count). The van der Waals surface area contributed by atoms with Gasteiger partial charge in [-0.15, -0.1) is 0 Å². The maximum absolute atomic E-state index is 12.8. The van der Waals surface area contributed by atoms with Crippen molar-refractivity contribution >= 4 is 13.8 Å². The quantitative estimate of drug-likeness (QED) is 0.0197. The minimum absolute atomic E-state index is 0.0196. The molecular formula is C54H98NO7P. The third kappa shape index (κ3) is 50.8. The highest BCUT2D eigenvalue weighted by atomic mass is 31.2. The first-order valence-electron chi connectivity index (χ1n) is 25.7. The molecule has 0 spiro atoms. The number of ether oxygens (including phenoxy) is 2. The fraction of sp³-hybridized carbons (Fsp3) is 0.759. The highest BCUT2D eigenvalue weighted by molar-refractivity contribution is 7.45. The van der Waals surface area contributed by atoms with Crippen molar-refractivity contribution in [3.8, 4) is 0 Å². The molecule has 0 aliphatic rings. The zero-order valence-electron chi connectivity index (χ0n) is 41.5. The first-order chi connectivity index (χ1) is 30.6. The summed E-state index contributed by atoms with van der Waals surface area (Å²) in [5.41, 5.74) is 0. The molecule has 0 aliphatic heterocycles. The molecule has 63 heavy (non-hydrogen) atoms. The summed E-state index contributed by atoms with van der Waals surface area (Å²) in [6, 6.07) is 0. The summed E-state index contributed by atoms with van der Waals surface area (Å²) < 4.78 is 34.7. The second-order valence-electron chi connectivity index (χ2n) is 18.1. The average molecular weight is 904 g/mol. The van der Waals surface area contributed by atoms with Gasteiger partial charge in [0.2, 0.25) is 0 Å². The van der Waals surface area contributed by atoms with E-state index in [1.807, 2.05) is 21.1 Å². The van der Waals surface area contributed by atoms with E-state index in [1.165, 1.54) is 109 Å². The third-order valence-corrected chi connectivity index (χ3v) is 11.7. The Morgan fingerprint density at radius 2 is 0.921 bits per heavy atom. The van der Waals surface area contributed by atoms with Gasteiger partial charge >= 0.3 is 5.97 Å². The summed E-state index contributed by atoms with van der Waals surface area (Å²) in [5.74, 6) is -0.344. The summed E-state index contributed by atoms with van der Waals surface area (Å²) in [6.45, 7) is 5.26. The van der Waals surface area contributed by atoms with Crippen molar-refractivity contribution in [3.05, 3.63) is 72.9 Å². The Bertz CT molecular complexity index is 1230. The number of rotatable bonds is 47. The van der Waals surface area contributed by atoms with Crippen LogP contribution in [0.1, 0.15) is 206 Å². The highest BCUT2D eigenvalue weighted by Crippen LogP contribution is 2.38. The van der Waals surface area contributed by atoms with E-state index in [2.05, 4.69) is 86.8 Å². The minimum atomic E-state index is -4.54. The summed E-state index contributed by atoms with van der Waals surface area (Å²) in [6.07, 6.45) is 60.6. The number of unbranched alkanes of at least 4 members (excludes halogenated alkanes) is 21. The van der Waals surface area contributed by atoms with Gasteiger partial charge in [0.1, 0.15) is 19.3 Å². The lowest BCUT2D eigenvalue weighted by molar-refractivity contribution is -0.870. The minimum Gasteiger partial charge on any atom is -0.756 e. The van der Waals surface area contributed by atoms with E-state index in [9.17, 15) is 14.3 Å². The second kappa shape index (κ2) is 46.5. The fourth-order valence-electron chi connectivity index (χ4n) is 6.80. The lowest BCUT2D eigenvalue weighted by atomic mass is 10.1. The smallest absolute Gasteiger partial charge is 0.306 e. The number of carbonyl (C=O) groups excluding carboxylic acids is 1. The van der Waals surface area contributed by atoms with Crippen LogP contribution >= 0.6 is 7.82 Å². The first kappa shape index (κ1) is 60.9. The molecule has 0 aromatic heterocycles. The lowest BCUT2D eigenvalue weighted by Gasteiger charge is -2.28. The van der Waals surface area contributed by atoms with Crippen LogP contribution in [0.4, 0.5) is 0 Å². The van der Waals surface area contributed by atoms with Gasteiger partial charge in [0.15, 0.2) is 0 Å². The van der Waals surface area contributed by atoms with Crippen LogP contribution in [0.25, 0.3) is 0 Å². The van der Waals surface area contributed by atoms with Crippen LogP contribution < -0.4 is 4.89 Å². The van der Waals surface area contributed by atoms with E-state index in [0.29, 0.717) is 24.1 Å². The standard InChI is InChI=1S/C54H98NO7P/c1-6-8-10-12-14-16-18-20-22-24-26-28-29-31-33-35-37-39-41-43-45-47-54(56)62-53(52-61-63(57,58)60-50-48-55(3,4)5)51-59-49-46-44-42-40-38-36-34-32-30-27-25-23-21-19-17-15-13-11-9-7-2/h9,11,15,17-18,20-21,23-24,26-27,30,53H,6-8,10,12-14,16,19,22,25,28-29,31-52H2,1-5H3/b11-9-,17-15-,20-18-,23-21-,26-24-,30-27-. The largest absolute Gasteiger partial charge is 0.756 e. The number of phosphoric acid groups is 1. The molecule has 0 bridgehead atoms. The van der Waals surface area contributed by atoms with Crippen LogP contribution in [-0.4, -0.2) is 70.7 Å². The Labute approximate surface area is 389 Å². The molecule has 0 aromatic rings. The molecule has 0 N–H and O–H groups in total. The Balaban J connectivity index is 4.19. The normalized spacial score (nSPS) is 14.2. The second-order valence-corrected chi connectivity index (χ2v) is 19.6. The number of nitrogens with zero attached hydrogens (tertiary/aromatic N) is 1. The lowest BCUT2D eigenvalue weighted by Crippen LogP contribution is -2.37. The Kier molecular flexibility index (Phi) is 44.9. The number of allylic oxidation sites excluding steroid dienone is 12. The van der Waals surface area contributed by atoms with Gasteiger partial charge in [-0.1, -0.05) is 189 Å². The molecule has 9 heteroatoms. The zero-order chi connectivity index (χ0) is 46.2. The van der Waals surface area contributed by atoms with Crippen molar-refractivity contribution < 1.29 is 37.3 Å². The molecule has 366 valence electrons. The molecule has 0 radical (unpaired) electrons. The molecule has 0 aliphatic carbocycles. The van der Waals surface area contributed by atoms with Crippen molar-refractivity contribution in [2.24, 2.45) is 0 Å². The number of phosphoric ester groups is 1. The maximum Gasteiger partial charge on any atom is 0.306 e. The molecule has 0 saturated heterocycles. The third-order valence-electron chi connectivity index (χ3n) is 10.7. The van der Waals surface area contributed by atoms with E-state index in [4.69, 9.17) is 18.5 Å². The van der Waals surface area contributed by atoms with E-state index >= 15 is 0 Å². The van der Waals surface area contributed by atoms with Crippen LogP contribution in [0.2, 0.25) is 0 Å². The van der Waals surface area contributed by atoms with E-state index in [-0.39, 0.29) is 25.8 Å². The predicted molar refractivity (Wildman–Crippen MR) is 268 cm³/mol. The van der Waals surface area contributed by atoms with Crippen LogP contribution in [0.3, 0.4) is 0 Å². The number of carbonyl (C=O) groups is 1. The first-order valence-corrected chi connectivity index (χ1v) is 27.1. The van der Waals surface area contributed by atoms with Gasteiger partial charge in [0.25, 0.3) is 7.82 Å². The molecule has 0 aromatic carbocycles. The van der Waals surface area contributed by atoms with Gasteiger partial charge in [-0.2, -0.15) is 0 Å². The fourth-order valence-corrected chi connectivity index (χ4v) is 7.53. The zero-order valence-corrected chi connectivity index (χ0v) is 42.4. The van der Waals surface area contributed by atoms with E-state index in [0.717, 1.165) is 77.0 Å².